The molecule has 152 valence electrons. The molecular formula is C21H22N8O. The molecule has 0 bridgehead atoms. The van der Waals surface area contributed by atoms with Crippen molar-refractivity contribution in [1.29, 1.82) is 0 Å². The highest BCUT2D eigenvalue weighted by molar-refractivity contribution is 5.72. The highest BCUT2D eigenvalue weighted by Gasteiger charge is 2.20. The number of fused-ring (bicyclic) bond motifs is 1. The van der Waals surface area contributed by atoms with Gasteiger partial charge in [-0.3, -0.25) is 4.98 Å². The fourth-order valence-electron chi connectivity index (χ4n) is 3.71. The van der Waals surface area contributed by atoms with E-state index in [1.807, 2.05) is 36.7 Å². The smallest absolute Gasteiger partial charge is 0.225 e. The Labute approximate surface area is 173 Å². The molecule has 1 aliphatic heterocycles. The second kappa shape index (κ2) is 7.94. The van der Waals surface area contributed by atoms with Crippen LogP contribution in [0.1, 0.15) is 12.8 Å². The van der Waals surface area contributed by atoms with Crippen molar-refractivity contribution in [3.05, 3.63) is 55.0 Å². The molecule has 9 heteroatoms. The van der Waals surface area contributed by atoms with Crippen LogP contribution in [0.25, 0.3) is 16.9 Å². The normalized spacial score (nSPS) is 14.8. The topological polar surface area (TPSA) is 93.9 Å². The molecule has 1 aromatic carbocycles. The summed E-state index contributed by atoms with van der Waals surface area (Å²) in [6, 6.07) is 12.1. The Balaban J connectivity index is 1.31. The molecule has 4 heterocycles. The van der Waals surface area contributed by atoms with Crippen molar-refractivity contribution in [3.8, 4) is 11.4 Å². The molecule has 0 saturated carbocycles. The molecule has 0 unspecified atom stereocenters. The molecule has 30 heavy (non-hydrogen) atoms. The summed E-state index contributed by atoms with van der Waals surface area (Å²) in [5.74, 6) is 1.39. The van der Waals surface area contributed by atoms with Gasteiger partial charge in [0, 0.05) is 37.2 Å². The molecule has 1 fully saturated rings. The molecule has 0 amide bonds. The average Bonchev–Trinajstić information content (AvgIpc) is 3.23. The summed E-state index contributed by atoms with van der Waals surface area (Å²) in [6.07, 6.45) is 7.41. The number of nitrogens with one attached hydrogen (secondary N) is 1. The number of hydrogen-bond acceptors (Lipinski definition) is 8. The predicted molar refractivity (Wildman–Crippen MR) is 114 cm³/mol. The molecule has 0 atom stereocenters. The minimum atomic E-state index is 0.325. The van der Waals surface area contributed by atoms with Gasteiger partial charge < -0.3 is 15.0 Å². The minimum absolute atomic E-state index is 0.325. The van der Waals surface area contributed by atoms with Gasteiger partial charge >= 0.3 is 0 Å². The number of anilines is 2. The number of hydrogen-bond donors (Lipinski definition) is 1. The molecule has 9 nitrogen and oxygen atoms in total. The van der Waals surface area contributed by atoms with Crippen molar-refractivity contribution >= 4 is 22.8 Å². The van der Waals surface area contributed by atoms with E-state index in [0.717, 1.165) is 37.4 Å². The Hall–Kier alpha value is -3.75. The van der Waals surface area contributed by atoms with Crippen molar-refractivity contribution in [3.63, 3.8) is 0 Å². The molecule has 1 N–H and O–H groups in total. The first-order chi connectivity index (χ1) is 14.8. The quantitative estimate of drug-likeness (QED) is 0.545. The minimum Gasteiger partial charge on any atom is -0.497 e. The van der Waals surface area contributed by atoms with E-state index in [-0.39, 0.29) is 0 Å². The van der Waals surface area contributed by atoms with Crippen LogP contribution in [-0.2, 0) is 0 Å². The lowest BCUT2D eigenvalue weighted by molar-refractivity contribution is 0.414. The van der Waals surface area contributed by atoms with E-state index in [4.69, 9.17) is 4.74 Å². The molecule has 3 aromatic heterocycles. The standard InChI is InChI=1S/C21H22N8O/c1-30-18-4-2-17(3-5-18)29-20-19(26-27-29)14-23-21(25-20)24-15-8-12-28(13-9-15)16-6-10-22-11-7-16/h2-7,10-11,14-15H,8-9,12-13H2,1H3,(H,23,24,25). The summed E-state index contributed by atoms with van der Waals surface area (Å²) in [4.78, 5) is 15.6. The lowest BCUT2D eigenvalue weighted by atomic mass is 10.0. The monoisotopic (exact) mass is 402 g/mol. The van der Waals surface area contributed by atoms with Gasteiger partial charge in [0.05, 0.1) is 19.0 Å². The predicted octanol–water partition coefficient (Wildman–Crippen LogP) is 2.70. The van der Waals surface area contributed by atoms with Gasteiger partial charge in [0.15, 0.2) is 11.2 Å². The van der Waals surface area contributed by atoms with Crippen LogP contribution in [0.3, 0.4) is 0 Å². The Bertz CT molecular complexity index is 1120. The maximum absolute atomic E-state index is 5.23. The summed E-state index contributed by atoms with van der Waals surface area (Å²) in [5, 5.41) is 11.9. The van der Waals surface area contributed by atoms with Gasteiger partial charge in [-0.2, -0.15) is 9.67 Å². The van der Waals surface area contributed by atoms with Gasteiger partial charge in [0.1, 0.15) is 5.75 Å². The number of nitrogens with zero attached hydrogens (tertiary/aromatic N) is 7. The zero-order chi connectivity index (χ0) is 20.3. The SMILES string of the molecule is COc1ccc(-n2nnc3cnc(NC4CCN(c5ccncc5)CC4)nc32)cc1. The fraction of sp³-hybridized carbons (Fsp3) is 0.286. The van der Waals surface area contributed by atoms with Crippen molar-refractivity contribution in [1.82, 2.24) is 29.9 Å². The Morgan fingerprint density at radius 2 is 1.77 bits per heavy atom. The van der Waals surface area contributed by atoms with E-state index in [0.29, 0.717) is 23.2 Å². The van der Waals surface area contributed by atoms with Crippen molar-refractivity contribution < 1.29 is 4.74 Å². The molecule has 1 saturated heterocycles. The van der Waals surface area contributed by atoms with Crippen LogP contribution in [-0.4, -0.2) is 56.2 Å². The zero-order valence-electron chi connectivity index (χ0n) is 16.6. The number of methoxy groups -OCH3 is 1. The highest BCUT2D eigenvalue weighted by atomic mass is 16.5. The van der Waals surface area contributed by atoms with Crippen molar-refractivity contribution in [2.75, 3.05) is 30.4 Å². The summed E-state index contributed by atoms with van der Waals surface area (Å²) in [5.41, 5.74) is 3.42. The lowest BCUT2D eigenvalue weighted by Gasteiger charge is -2.33. The molecule has 1 aliphatic rings. The first-order valence-electron chi connectivity index (χ1n) is 9.94. The van der Waals surface area contributed by atoms with Crippen LogP contribution in [0.15, 0.2) is 55.0 Å². The zero-order valence-corrected chi connectivity index (χ0v) is 16.6. The van der Waals surface area contributed by atoms with E-state index in [9.17, 15) is 0 Å². The third-order valence-electron chi connectivity index (χ3n) is 5.37. The van der Waals surface area contributed by atoms with E-state index in [2.05, 4.69) is 47.6 Å². The Morgan fingerprint density at radius 3 is 2.50 bits per heavy atom. The molecular weight excluding hydrogens is 380 g/mol. The highest BCUT2D eigenvalue weighted by Crippen LogP contribution is 2.22. The van der Waals surface area contributed by atoms with Crippen LogP contribution in [0, 0.1) is 0 Å². The molecule has 4 aromatic rings. The second-order valence-corrected chi connectivity index (χ2v) is 7.21. The number of rotatable bonds is 5. The number of pyridine rings is 1. The first-order valence-corrected chi connectivity index (χ1v) is 9.94. The van der Waals surface area contributed by atoms with Gasteiger partial charge in [0.2, 0.25) is 5.95 Å². The third-order valence-corrected chi connectivity index (χ3v) is 5.37. The summed E-state index contributed by atoms with van der Waals surface area (Å²) >= 11 is 0. The van der Waals surface area contributed by atoms with E-state index < -0.39 is 0 Å². The van der Waals surface area contributed by atoms with E-state index in [1.54, 1.807) is 18.0 Å². The maximum Gasteiger partial charge on any atom is 0.225 e. The summed E-state index contributed by atoms with van der Waals surface area (Å²) < 4.78 is 6.94. The van der Waals surface area contributed by atoms with Gasteiger partial charge in [-0.25, -0.2) is 4.98 Å². The average molecular weight is 402 g/mol. The van der Waals surface area contributed by atoms with Crippen molar-refractivity contribution in [2.24, 2.45) is 0 Å². The van der Waals surface area contributed by atoms with E-state index in [1.165, 1.54) is 5.69 Å². The number of piperidine rings is 1. The lowest BCUT2D eigenvalue weighted by Crippen LogP contribution is -2.39. The summed E-state index contributed by atoms with van der Waals surface area (Å²) in [6.45, 7) is 1.96. The summed E-state index contributed by atoms with van der Waals surface area (Å²) in [7, 11) is 1.65. The van der Waals surface area contributed by atoms with Gasteiger partial charge in [-0.1, -0.05) is 5.21 Å². The number of benzene rings is 1. The van der Waals surface area contributed by atoms with Gasteiger partial charge in [0.25, 0.3) is 0 Å². The first kappa shape index (κ1) is 18.3. The van der Waals surface area contributed by atoms with Crippen LogP contribution in [0.4, 0.5) is 11.6 Å². The van der Waals surface area contributed by atoms with Gasteiger partial charge in [-0.05, 0) is 49.2 Å². The van der Waals surface area contributed by atoms with Crippen molar-refractivity contribution in [2.45, 2.75) is 18.9 Å². The van der Waals surface area contributed by atoms with E-state index >= 15 is 0 Å². The van der Waals surface area contributed by atoms with Crippen LogP contribution in [0.5, 0.6) is 5.75 Å². The van der Waals surface area contributed by atoms with Crippen LogP contribution in [0.2, 0.25) is 0 Å². The van der Waals surface area contributed by atoms with Gasteiger partial charge in [-0.15, -0.1) is 5.10 Å². The molecule has 5 rings (SSSR count). The third kappa shape index (κ3) is 3.61. The van der Waals surface area contributed by atoms with Crippen LogP contribution < -0.4 is 15.0 Å². The second-order valence-electron chi connectivity index (χ2n) is 7.21. The van der Waals surface area contributed by atoms with Crippen LogP contribution >= 0.6 is 0 Å². The number of aromatic nitrogens is 6. The molecule has 0 aliphatic carbocycles. The maximum atomic E-state index is 5.23. The number of ether oxygens (including phenoxy) is 1. The molecule has 0 spiro atoms. The fourth-order valence-corrected chi connectivity index (χ4v) is 3.71. The largest absolute Gasteiger partial charge is 0.497 e. The molecule has 0 radical (unpaired) electrons. The Morgan fingerprint density at radius 1 is 1.00 bits per heavy atom. The Kier molecular flexibility index (Phi) is 4.84.